The Hall–Kier alpha value is -1.68. The number of aryl methyl sites for hydroxylation is 2. The summed E-state index contributed by atoms with van der Waals surface area (Å²) in [5.74, 6) is -0.759. The van der Waals surface area contributed by atoms with Crippen molar-refractivity contribution in [3.8, 4) is 0 Å². The summed E-state index contributed by atoms with van der Waals surface area (Å²) in [6.07, 6.45) is 0.847. The van der Waals surface area contributed by atoms with Crippen molar-refractivity contribution in [2.45, 2.75) is 27.2 Å². The molecule has 1 amide bonds. The van der Waals surface area contributed by atoms with Crippen LogP contribution < -0.4 is 10.2 Å². The third-order valence-corrected chi connectivity index (χ3v) is 3.38. The summed E-state index contributed by atoms with van der Waals surface area (Å²) >= 11 is 0. The molecule has 4 nitrogen and oxygen atoms in total. The van der Waals surface area contributed by atoms with E-state index in [4.69, 9.17) is 0 Å². The topological polar surface area (TPSA) is 49.4 Å². The molecule has 0 saturated heterocycles. The fraction of sp³-hybridized carbons (Fsp3) is 0.467. The van der Waals surface area contributed by atoms with Crippen LogP contribution in [0.4, 0.5) is 5.69 Å². The molecule has 1 heterocycles. The molecule has 1 aliphatic heterocycles. The van der Waals surface area contributed by atoms with Crippen LogP contribution in [0.25, 0.3) is 0 Å². The van der Waals surface area contributed by atoms with E-state index < -0.39 is 0 Å². The molecule has 19 heavy (non-hydrogen) atoms. The van der Waals surface area contributed by atoms with E-state index in [0.717, 1.165) is 36.3 Å². The zero-order valence-electron chi connectivity index (χ0n) is 11.7. The Kier molecular flexibility index (Phi) is 4.00. The van der Waals surface area contributed by atoms with Crippen molar-refractivity contribution in [3.05, 3.63) is 28.8 Å². The highest BCUT2D eigenvalue weighted by atomic mass is 16.2. The van der Waals surface area contributed by atoms with Crippen LogP contribution in [0.5, 0.6) is 0 Å². The van der Waals surface area contributed by atoms with Crippen molar-refractivity contribution in [1.29, 1.82) is 0 Å². The van der Waals surface area contributed by atoms with Crippen LogP contribution in [-0.4, -0.2) is 31.3 Å². The van der Waals surface area contributed by atoms with Gasteiger partial charge in [0.25, 0.3) is 11.7 Å². The molecule has 102 valence electrons. The van der Waals surface area contributed by atoms with Gasteiger partial charge in [0, 0.05) is 6.54 Å². The molecular weight excluding hydrogens is 240 g/mol. The number of nitrogens with zero attached hydrogens (tertiary/aromatic N) is 1. The second-order valence-corrected chi connectivity index (χ2v) is 4.97. The molecule has 0 aliphatic carbocycles. The number of hydrogen-bond acceptors (Lipinski definition) is 3. The van der Waals surface area contributed by atoms with Gasteiger partial charge in [0.1, 0.15) is 0 Å². The number of carbonyl (C=O) groups excluding carboxylic acids is 2. The Morgan fingerprint density at radius 1 is 1.21 bits per heavy atom. The minimum atomic E-state index is -0.389. The van der Waals surface area contributed by atoms with E-state index in [1.165, 1.54) is 0 Å². The lowest BCUT2D eigenvalue weighted by molar-refractivity contribution is -0.114. The minimum Gasteiger partial charge on any atom is -0.317 e. The molecule has 0 fully saturated rings. The summed E-state index contributed by atoms with van der Waals surface area (Å²) in [6.45, 7) is 8.31. The van der Waals surface area contributed by atoms with E-state index in [0.29, 0.717) is 12.1 Å². The number of benzene rings is 1. The van der Waals surface area contributed by atoms with Gasteiger partial charge < -0.3 is 10.2 Å². The summed E-state index contributed by atoms with van der Waals surface area (Å²) in [4.78, 5) is 25.7. The second kappa shape index (κ2) is 5.53. The highest BCUT2D eigenvalue weighted by Crippen LogP contribution is 2.33. The number of amides is 1. The highest BCUT2D eigenvalue weighted by molar-refractivity contribution is 6.52. The first-order valence-electron chi connectivity index (χ1n) is 6.74. The molecule has 0 atom stereocenters. The molecule has 2 rings (SSSR count). The summed E-state index contributed by atoms with van der Waals surface area (Å²) in [6, 6.07) is 3.83. The van der Waals surface area contributed by atoms with Gasteiger partial charge in [0.05, 0.1) is 11.3 Å². The maximum Gasteiger partial charge on any atom is 0.299 e. The van der Waals surface area contributed by atoms with Gasteiger partial charge in [-0.3, -0.25) is 9.59 Å². The largest absolute Gasteiger partial charge is 0.317 e. The number of carbonyl (C=O) groups is 2. The van der Waals surface area contributed by atoms with Crippen LogP contribution in [0.1, 0.15) is 34.8 Å². The van der Waals surface area contributed by atoms with Crippen molar-refractivity contribution in [2.75, 3.05) is 24.5 Å². The SMILES string of the molecule is CCNCCCN1C(=O)C(=O)c2cc(C)cc(C)c21. The normalized spacial score (nSPS) is 14.2. The smallest absolute Gasteiger partial charge is 0.299 e. The van der Waals surface area contributed by atoms with Crippen molar-refractivity contribution in [1.82, 2.24) is 5.32 Å². The molecule has 0 spiro atoms. The first kappa shape index (κ1) is 13.7. The van der Waals surface area contributed by atoms with Gasteiger partial charge in [-0.05, 0) is 50.6 Å². The van der Waals surface area contributed by atoms with E-state index in [-0.39, 0.29) is 11.7 Å². The third-order valence-electron chi connectivity index (χ3n) is 3.38. The highest BCUT2D eigenvalue weighted by Gasteiger charge is 2.36. The number of nitrogens with one attached hydrogen (secondary N) is 1. The molecule has 0 bridgehead atoms. The zero-order valence-corrected chi connectivity index (χ0v) is 11.7. The summed E-state index contributed by atoms with van der Waals surface area (Å²) < 4.78 is 0. The first-order valence-corrected chi connectivity index (χ1v) is 6.74. The molecule has 1 aliphatic rings. The maximum atomic E-state index is 12.0. The summed E-state index contributed by atoms with van der Waals surface area (Å²) in [5.41, 5.74) is 3.38. The lowest BCUT2D eigenvalue weighted by Crippen LogP contribution is -2.32. The molecule has 1 aromatic carbocycles. The van der Waals surface area contributed by atoms with Gasteiger partial charge in [-0.15, -0.1) is 0 Å². The predicted octanol–water partition coefficient (Wildman–Crippen LogP) is 1.83. The molecular formula is C15H20N2O2. The Bertz CT molecular complexity index is 523. The van der Waals surface area contributed by atoms with Gasteiger partial charge in [-0.2, -0.15) is 0 Å². The quantitative estimate of drug-likeness (QED) is 0.649. The van der Waals surface area contributed by atoms with Gasteiger partial charge in [0.15, 0.2) is 0 Å². The maximum absolute atomic E-state index is 12.0. The van der Waals surface area contributed by atoms with Crippen LogP contribution in [-0.2, 0) is 4.79 Å². The van der Waals surface area contributed by atoms with Crippen LogP contribution >= 0.6 is 0 Å². The van der Waals surface area contributed by atoms with E-state index >= 15 is 0 Å². The Balaban J connectivity index is 2.23. The van der Waals surface area contributed by atoms with E-state index in [9.17, 15) is 9.59 Å². The zero-order chi connectivity index (χ0) is 14.0. The lowest BCUT2D eigenvalue weighted by Gasteiger charge is -2.18. The molecule has 4 heteroatoms. The van der Waals surface area contributed by atoms with Gasteiger partial charge in [-0.25, -0.2) is 0 Å². The van der Waals surface area contributed by atoms with Gasteiger partial charge >= 0.3 is 0 Å². The van der Waals surface area contributed by atoms with Crippen LogP contribution in [0.3, 0.4) is 0 Å². The third kappa shape index (κ3) is 2.54. The van der Waals surface area contributed by atoms with E-state index in [1.807, 2.05) is 32.9 Å². The molecule has 0 saturated carbocycles. The number of rotatable bonds is 5. The number of fused-ring (bicyclic) bond motifs is 1. The van der Waals surface area contributed by atoms with Crippen molar-refractivity contribution >= 4 is 17.4 Å². The summed E-state index contributed by atoms with van der Waals surface area (Å²) in [7, 11) is 0. The fourth-order valence-electron chi connectivity index (χ4n) is 2.58. The second-order valence-electron chi connectivity index (χ2n) is 4.97. The van der Waals surface area contributed by atoms with Gasteiger partial charge in [0.2, 0.25) is 0 Å². The molecule has 0 aromatic heterocycles. The minimum absolute atomic E-state index is 0.370. The Morgan fingerprint density at radius 3 is 2.63 bits per heavy atom. The number of anilines is 1. The van der Waals surface area contributed by atoms with Crippen molar-refractivity contribution in [2.24, 2.45) is 0 Å². The van der Waals surface area contributed by atoms with Crippen molar-refractivity contribution in [3.63, 3.8) is 0 Å². The van der Waals surface area contributed by atoms with Crippen LogP contribution in [0.2, 0.25) is 0 Å². The standard InChI is InChI=1S/C15H20N2O2/c1-4-16-6-5-7-17-13-11(3)8-10(2)9-12(13)14(18)15(17)19/h8-9,16H,4-7H2,1-3H3. The van der Waals surface area contributed by atoms with E-state index in [2.05, 4.69) is 5.32 Å². The molecule has 1 N–H and O–H groups in total. The van der Waals surface area contributed by atoms with E-state index in [1.54, 1.807) is 4.90 Å². The van der Waals surface area contributed by atoms with Gasteiger partial charge in [-0.1, -0.05) is 13.0 Å². The van der Waals surface area contributed by atoms with Crippen LogP contribution in [0, 0.1) is 13.8 Å². The summed E-state index contributed by atoms with van der Waals surface area (Å²) in [5, 5.41) is 3.22. The van der Waals surface area contributed by atoms with Crippen LogP contribution in [0.15, 0.2) is 12.1 Å². The number of Topliss-reactive ketones (excluding diaryl/α,β-unsaturated/α-hetero) is 1. The average Bonchev–Trinajstić information content (AvgIpc) is 2.60. The molecule has 0 unspecified atom stereocenters. The molecule has 0 radical (unpaired) electrons. The lowest BCUT2D eigenvalue weighted by atomic mass is 10.0. The predicted molar refractivity (Wildman–Crippen MR) is 75.8 cm³/mol. The number of hydrogen-bond donors (Lipinski definition) is 1. The molecule has 1 aromatic rings. The average molecular weight is 260 g/mol. The first-order chi connectivity index (χ1) is 9.06. The number of ketones is 1. The van der Waals surface area contributed by atoms with Crippen molar-refractivity contribution < 1.29 is 9.59 Å². The Labute approximate surface area is 113 Å². The Morgan fingerprint density at radius 2 is 1.95 bits per heavy atom. The monoisotopic (exact) mass is 260 g/mol. The fourth-order valence-corrected chi connectivity index (χ4v) is 2.58.